The normalized spacial score (nSPS) is 10.9. The number of hydrogen-bond acceptors (Lipinski definition) is 10. The van der Waals surface area contributed by atoms with E-state index in [1.165, 1.54) is 113 Å². The van der Waals surface area contributed by atoms with Crippen LogP contribution in [0.5, 0.6) is 34.5 Å². The van der Waals surface area contributed by atoms with Crippen LogP contribution in [0.1, 0.15) is 134 Å². The molecular formula is C58H57F5O10. The maximum atomic E-state index is 13.8. The van der Waals surface area contributed by atoms with Gasteiger partial charge in [0.05, 0.1) is 29.9 Å². The molecule has 0 aliphatic heterocycles. The Morgan fingerprint density at radius 1 is 0.370 bits per heavy atom. The first kappa shape index (κ1) is 54.8. The first-order valence-corrected chi connectivity index (χ1v) is 24.5. The average molecular weight is 1010 g/mol. The van der Waals surface area contributed by atoms with Gasteiger partial charge in [-0.15, -0.1) is 0 Å². The maximum absolute atomic E-state index is 13.8. The molecule has 0 N–H and O–H groups in total. The summed E-state index contributed by atoms with van der Waals surface area (Å²) in [6, 6.07) is 32.5. The summed E-state index contributed by atoms with van der Waals surface area (Å²) in [6.45, 7) is 2.97. The van der Waals surface area contributed by atoms with Crippen LogP contribution in [0, 0.1) is 29.1 Å². The third-order valence-electron chi connectivity index (χ3n) is 11.6. The molecule has 0 bridgehead atoms. The minimum Gasteiger partial charge on any atom is -0.494 e. The molecule has 0 amide bonds. The van der Waals surface area contributed by atoms with E-state index in [-0.39, 0.29) is 48.5 Å². The number of ether oxygens (including phenoxy) is 6. The molecule has 384 valence electrons. The molecule has 15 heteroatoms. The zero-order chi connectivity index (χ0) is 52.0. The zero-order valence-electron chi connectivity index (χ0n) is 40.5. The van der Waals surface area contributed by atoms with Crippen LogP contribution in [0.2, 0.25) is 0 Å². The molecular weight excluding hydrogens is 952 g/mol. The van der Waals surface area contributed by atoms with E-state index in [0.717, 1.165) is 24.0 Å². The van der Waals surface area contributed by atoms with Crippen molar-refractivity contribution in [3.05, 3.63) is 167 Å². The van der Waals surface area contributed by atoms with Crippen LogP contribution >= 0.6 is 0 Å². The Bertz CT molecular complexity index is 2720. The second-order valence-electron chi connectivity index (χ2n) is 17.2. The van der Waals surface area contributed by atoms with Gasteiger partial charge in [-0.2, -0.15) is 8.78 Å². The molecule has 0 unspecified atom stereocenters. The highest BCUT2D eigenvalue weighted by atomic mass is 19.2. The summed E-state index contributed by atoms with van der Waals surface area (Å²) in [5.74, 6) is -14.0. The highest BCUT2D eigenvalue weighted by Crippen LogP contribution is 2.31. The molecule has 0 saturated heterocycles. The molecule has 0 aromatic heterocycles. The van der Waals surface area contributed by atoms with Crippen LogP contribution in [0.3, 0.4) is 0 Å². The summed E-state index contributed by atoms with van der Waals surface area (Å²) in [6.07, 6.45) is 15.3. The monoisotopic (exact) mass is 1010 g/mol. The average Bonchev–Trinajstić information content (AvgIpc) is 3.40. The summed E-state index contributed by atoms with van der Waals surface area (Å²) in [7, 11) is 0. The van der Waals surface area contributed by atoms with Gasteiger partial charge < -0.3 is 28.4 Å². The quantitative estimate of drug-likeness (QED) is 0.0117. The standard InChI is InChI=1S/C58H57F5O10/c1-2-3-4-5-6-7-8-9-10-11-12-14-36-68-44-28-22-41(23-29-44)57(66)71-47-34-26-42(27-35-47)58(67)72-48-18-16-17-43(38-48)39-20-32-46(33-21-39)70-56(65)40-24-30-45(31-25-40)69-37-15-13-19-49(64)73-55-53(62)51(60)50(59)52(61)54(55)63/h16-18,20-35,38H,2-15,19,36-37H2,1H3. The van der Waals surface area contributed by atoms with Gasteiger partial charge in [0.1, 0.15) is 28.7 Å². The van der Waals surface area contributed by atoms with E-state index in [1.54, 1.807) is 66.7 Å². The number of carbonyl (C=O) groups excluding carboxylic acids is 4. The van der Waals surface area contributed by atoms with Crippen molar-refractivity contribution < 1.29 is 69.6 Å². The number of esters is 4. The summed E-state index contributed by atoms with van der Waals surface area (Å²) in [4.78, 5) is 50.7. The zero-order valence-corrected chi connectivity index (χ0v) is 40.5. The summed E-state index contributed by atoms with van der Waals surface area (Å²) in [5.41, 5.74) is 2.31. The molecule has 10 nitrogen and oxygen atoms in total. The van der Waals surface area contributed by atoms with Gasteiger partial charge in [-0.25, -0.2) is 27.6 Å². The van der Waals surface area contributed by atoms with E-state index in [2.05, 4.69) is 11.7 Å². The topological polar surface area (TPSA) is 124 Å². The lowest BCUT2D eigenvalue weighted by Gasteiger charge is -2.10. The summed E-state index contributed by atoms with van der Waals surface area (Å²) in [5, 5.41) is 0. The Hall–Kier alpha value is -7.55. The lowest BCUT2D eigenvalue weighted by Crippen LogP contribution is -2.13. The second-order valence-corrected chi connectivity index (χ2v) is 17.2. The number of rotatable bonds is 28. The molecule has 0 aliphatic rings. The highest BCUT2D eigenvalue weighted by Gasteiger charge is 2.28. The fourth-order valence-corrected chi connectivity index (χ4v) is 7.52. The molecule has 0 heterocycles. The van der Waals surface area contributed by atoms with Crippen LogP contribution in [0.15, 0.2) is 121 Å². The van der Waals surface area contributed by atoms with Gasteiger partial charge >= 0.3 is 23.9 Å². The highest BCUT2D eigenvalue weighted by molar-refractivity contribution is 5.93. The number of benzene rings is 6. The Balaban J connectivity index is 0.868. The van der Waals surface area contributed by atoms with Gasteiger partial charge in [0, 0.05) is 6.42 Å². The van der Waals surface area contributed by atoms with E-state index in [9.17, 15) is 41.1 Å². The van der Waals surface area contributed by atoms with Gasteiger partial charge in [-0.05, 0) is 127 Å². The molecule has 73 heavy (non-hydrogen) atoms. The molecule has 0 spiro atoms. The van der Waals surface area contributed by atoms with Crippen molar-refractivity contribution >= 4 is 23.9 Å². The van der Waals surface area contributed by atoms with E-state index >= 15 is 0 Å². The Kier molecular flexibility index (Phi) is 21.4. The number of halogens is 5. The molecule has 0 atom stereocenters. The predicted molar refractivity (Wildman–Crippen MR) is 264 cm³/mol. The first-order valence-electron chi connectivity index (χ1n) is 24.5. The molecule has 0 fully saturated rings. The third kappa shape index (κ3) is 17.0. The van der Waals surface area contributed by atoms with E-state index < -0.39 is 58.7 Å². The fourth-order valence-electron chi connectivity index (χ4n) is 7.52. The number of unbranched alkanes of at least 4 members (excludes halogenated alkanes) is 12. The fraction of sp³-hybridized carbons (Fsp3) is 0.310. The molecule has 6 aromatic rings. The van der Waals surface area contributed by atoms with Crippen LogP contribution < -0.4 is 28.4 Å². The molecule has 0 aliphatic carbocycles. The summed E-state index contributed by atoms with van der Waals surface area (Å²) < 4.78 is 100. The van der Waals surface area contributed by atoms with Crippen molar-refractivity contribution in [1.82, 2.24) is 0 Å². The minimum atomic E-state index is -2.36. The Morgan fingerprint density at radius 2 is 0.753 bits per heavy atom. The summed E-state index contributed by atoms with van der Waals surface area (Å²) >= 11 is 0. The predicted octanol–water partition coefficient (Wildman–Crippen LogP) is 14.9. The third-order valence-corrected chi connectivity index (χ3v) is 11.6. The van der Waals surface area contributed by atoms with Gasteiger partial charge in [0.2, 0.25) is 34.8 Å². The second kappa shape index (κ2) is 28.5. The molecule has 6 aromatic carbocycles. The maximum Gasteiger partial charge on any atom is 0.343 e. The van der Waals surface area contributed by atoms with E-state index in [1.807, 2.05) is 6.07 Å². The van der Waals surface area contributed by atoms with Gasteiger partial charge in [0.25, 0.3) is 0 Å². The largest absolute Gasteiger partial charge is 0.494 e. The van der Waals surface area contributed by atoms with Crippen molar-refractivity contribution in [3.63, 3.8) is 0 Å². The number of hydrogen-bond donors (Lipinski definition) is 0. The van der Waals surface area contributed by atoms with E-state index in [4.69, 9.17) is 23.7 Å². The smallest absolute Gasteiger partial charge is 0.343 e. The lowest BCUT2D eigenvalue weighted by atomic mass is 10.1. The van der Waals surface area contributed by atoms with Crippen molar-refractivity contribution in [2.75, 3.05) is 13.2 Å². The SMILES string of the molecule is CCCCCCCCCCCCCCOc1ccc(C(=O)Oc2ccc(C(=O)Oc3cccc(-c4ccc(OC(=O)c5ccc(OCCCCC(=O)Oc6c(F)c(F)c(F)c(F)c6F)cc5)cc4)c3)cc2)cc1. The van der Waals surface area contributed by atoms with Crippen molar-refractivity contribution in [1.29, 1.82) is 0 Å². The van der Waals surface area contributed by atoms with Crippen LogP contribution in [0.25, 0.3) is 11.1 Å². The van der Waals surface area contributed by atoms with Gasteiger partial charge in [-0.1, -0.05) is 102 Å². The van der Waals surface area contributed by atoms with Crippen molar-refractivity contribution in [2.24, 2.45) is 0 Å². The van der Waals surface area contributed by atoms with Crippen LogP contribution in [0.4, 0.5) is 22.0 Å². The van der Waals surface area contributed by atoms with Crippen LogP contribution in [-0.2, 0) is 4.79 Å². The van der Waals surface area contributed by atoms with Crippen molar-refractivity contribution in [2.45, 2.75) is 103 Å². The van der Waals surface area contributed by atoms with Crippen LogP contribution in [-0.4, -0.2) is 37.1 Å². The molecule has 0 radical (unpaired) electrons. The number of carbonyl (C=O) groups is 4. The minimum absolute atomic E-state index is 0.0957. The molecule has 0 saturated carbocycles. The molecule has 6 rings (SSSR count). The Morgan fingerprint density at radius 3 is 1.22 bits per heavy atom. The van der Waals surface area contributed by atoms with Crippen molar-refractivity contribution in [3.8, 4) is 45.6 Å². The van der Waals surface area contributed by atoms with Gasteiger partial charge in [0.15, 0.2) is 0 Å². The van der Waals surface area contributed by atoms with E-state index in [0.29, 0.717) is 29.4 Å². The first-order chi connectivity index (χ1) is 35.4. The lowest BCUT2D eigenvalue weighted by molar-refractivity contribution is -0.135. The van der Waals surface area contributed by atoms with Gasteiger partial charge in [-0.3, -0.25) is 4.79 Å². The Labute approximate surface area is 421 Å².